The maximum absolute atomic E-state index is 5.98. The van der Waals surface area contributed by atoms with Crippen molar-refractivity contribution in [3.63, 3.8) is 0 Å². The Morgan fingerprint density at radius 3 is 1.67 bits per heavy atom. The van der Waals surface area contributed by atoms with Crippen molar-refractivity contribution in [2.75, 3.05) is 0 Å². The molecule has 1 heterocycles. The summed E-state index contributed by atoms with van der Waals surface area (Å²) in [6.45, 7) is 0. The first-order chi connectivity index (χ1) is 16.3. The molecule has 7 rings (SSSR count). The molecule has 7 aromatic rings. The van der Waals surface area contributed by atoms with Gasteiger partial charge in [0.15, 0.2) is 0 Å². The Labute approximate surface area is 190 Å². The van der Waals surface area contributed by atoms with Crippen molar-refractivity contribution in [1.82, 2.24) is 10.2 Å². The second-order valence-corrected chi connectivity index (χ2v) is 8.37. The molecule has 0 N–H and O–H groups in total. The Hall–Kier alpha value is -4.50. The molecule has 0 atom stereocenters. The zero-order chi connectivity index (χ0) is 21.8. The van der Waals surface area contributed by atoms with Gasteiger partial charge in [-0.3, -0.25) is 0 Å². The number of hydrogen-bond acceptors (Lipinski definition) is 3. The van der Waals surface area contributed by atoms with E-state index in [1.807, 2.05) is 42.5 Å². The molecule has 0 aliphatic rings. The van der Waals surface area contributed by atoms with Crippen molar-refractivity contribution >= 4 is 32.3 Å². The van der Waals surface area contributed by atoms with Gasteiger partial charge < -0.3 is 4.42 Å². The van der Waals surface area contributed by atoms with E-state index in [0.717, 1.165) is 16.7 Å². The van der Waals surface area contributed by atoms with Gasteiger partial charge in [-0.1, -0.05) is 72.8 Å². The van der Waals surface area contributed by atoms with Crippen molar-refractivity contribution in [3.8, 4) is 34.0 Å². The SMILES string of the molecule is c1ccc(-c2nnc(-c3cccc(-c4cc5ccc6cccc7ccc(c4)c5c67)c3)o2)cc1. The van der Waals surface area contributed by atoms with E-state index in [2.05, 4.69) is 76.9 Å². The molecule has 6 aromatic carbocycles. The quantitative estimate of drug-likeness (QED) is 0.271. The summed E-state index contributed by atoms with van der Waals surface area (Å²) < 4.78 is 5.98. The van der Waals surface area contributed by atoms with Crippen molar-refractivity contribution < 1.29 is 4.42 Å². The third-order valence-corrected chi connectivity index (χ3v) is 6.35. The van der Waals surface area contributed by atoms with Crippen LogP contribution in [0, 0.1) is 0 Å². The molecular weight excluding hydrogens is 404 g/mol. The van der Waals surface area contributed by atoms with Crippen LogP contribution in [0.4, 0.5) is 0 Å². The van der Waals surface area contributed by atoms with E-state index in [-0.39, 0.29) is 0 Å². The van der Waals surface area contributed by atoms with Crippen LogP contribution >= 0.6 is 0 Å². The summed E-state index contributed by atoms with van der Waals surface area (Å²) in [4.78, 5) is 0. The Bertz CT molecular complexity index is 1700. The highest BCUT2D eigenvalue weighted by molar-refractivity contribution is 6.23. The second-order valence-electron chi connectivity index (χ2n) is 8.37. The number of benzene rings is 6. The van der Waals surface area contributed by atoms with E-state index >= 15 is 0 Å². The fraction of sp³-hybridized carbons (Fsp3) is 0. The van der Waals surface area contributed by atoms with E-state index in [1.54, 1.807) is 0 Å². The minimum absolute atomic E-state index is 0.522. The lowest BCUT2D eigenvalue weighted by atomic mass is 9.91. The number of nitrogens with zero attached hydrogens (tertiary/aromatic N) is 2. The molecule has 0 radical (unpaired) electrons. The van der Waals surface area contributed by atoms with E-state index in [4.69, 9.17) is 4.42 Å². The Morgan fingerprint density at radius 1 is 0.394 bits per heavy atom. The Morgan fingerprint density at radius 2 is 0.939 bits per heavy atom. The molecular formula is C30H18N2O. The smallest absolute Gasteiger partial charge is 0.248 e. The number of aromatic nitrogens is 2. The van der Waals surface area contributed by atoms with Crippen LogP contribution in [0.15, 0.2) is 114 Å². The summed E-state index contributed by atoms with van der Waals surface area (Å²) in [6.07, 6.45) is 0. The zero-order valence-electron chi connectivity index (χ0n) is 17.7. The standard InChI is InChI=1S/C30H18N2O/c1-2-6-21(7-3-1)29-31-32-30(33-29)25-11-5-10-22(16-25)26-17-23-14-12-19-8-4-9-20-13-15-24(18-26)28(23)27(19)20/h1-18H. The van der Waals surface area contributed by atoms with Crippen LogP contribution in [0.2, 0.25) is 0 Å². The van der Waals surface area contributed by atoms with Gasteiger partial charge in [0.25, 0.3) is 0 Å². The highest BCUT2D eigenvalue weighted by atomic mass is 16.4. The van der Waals surface area contributed by atoms with E-state index in [0.29, 0.717) is 11.8 Å². The van der Waals surface area contributed by atoms with Gasteiger partial charge in [0.05, 0.1) is 0 Å². The van der Waals surface area contributed by atoms with Crippen LogP contribution < -0.4 is 0 Å². The molecule has 0 amide bonds. The van der Waals surface area contributed by atoms with Crippen molar-refractivity contribution in [1.29, 1.82) is 0 Å². The third kappa shape index (κ3) is 2.90. The predicted octanol–water partition coefficient (Wildman–Crippen LogP) is 7.97. The molecule has 154 valence electrons. The highest BCUT2D eigenvalue weighted by Crippen LogP contribution is 2.38. The first kappa shape index (κ1) is 18.1. The van der Waals surface area contributed by atoms with Crippen LogP contribution in [-0.4, -0.2) is 10.2 Å². The van der Waals surface area contributed by atoms with Crippen LogP contribution in [0.1, 0.15) is 0 Å². The summed E-state index contributed by atoms with van der Waals surface area (Å²) in [5, 5.41) is 16.3. The van der Waals surface area contributed by atoms with Gasteiger partial charge >= 0.3 is 0 Å². The van der Waals surface area contributed by atoms with Crippen molar-refractivity contribution in [2.45, 2.75) is 0 Å². The summed E-state index contributed by atoms with van der Waals surface area (Å²) in [7, 11) is 0. The van der Waals surface area contributed by atoms with Crippen molar-refractivity contribution in [3.05, 3.63) is 109 Å². The van der Waals surface area contributed by atoms with E-state index in [9.17, 15) is 0 Å². The number of rotatable bonds is 3. The largest absolute Gasteiger partial charge is 0.416 e. The first-order valence-corrected chi connectivity index (χ1v) is 11.0. The molecule has 3 nitrogen and oxygen atoms in total. The molecule has 0 aliphatic carbocycles. The summed E-state index contributed by atoms with van der Waals surface area (Å²) in [6, 6.07) is 38.1. The second kappa shape index (κ2) is 7.01. The zero-order valence-corrected chi connectivity index (χ0v) is 17.7. The monoisotopic (exact) mass is 422 g/mol. The van der Waals surface area contributed by atoms with Gasteiger partial charge in [-0.15, -0.1) is 10.2 Å². The van der Waals surface area contributed by atoms with Crippen molar-refractivity contribution in [2.24, 2.45) is 0 Å². The van der Waals surface area contributed by atoms with Crippen LogP contribution in [0.3, 0.4) is 0 Å². The average Bonchev–Trinajstić information content (AvgIpc) is 3.38. The molecule has 3 heteroatoms. The summed E-state index contributed by atoms with van der Waals surface area (Å²) in [5.74, 6) is 1.05. The lowest BCUT2D eigenvalue weighted by molar-refractivity contribution is 0.584. The molecule has 0 unspecified atom stereocenters. The van der Waals surface area contributed by atoms with Crippen LogP contribution in [0.25, 0.3) is 66.4 Å². The maximum Gasteiger partial charge on any atom is 0.248 e. The fourth-order valence-corrected chi connectivity index (χ4v) is 4.79. The predicted molar refractivity (Wildman–Crippen MR) is 134 cm³/mol. The molecule has 33 heavy (non-hydrogen) atoms. The minimum atomic E-state index is 0.522. The lowest BCUT2D eigenvalue weighted by Gasteiger charge is -2.13. The van der Waals surface area contributed by atoms with Gasteiger partial charge in [0.1, 0.15) is 0 Å². The Kier molecular flexibility index (Phi) is 3.84. The molecule has 1 aromatic heterocycles. The summed E-state index contributed by atoms with van der Waals surface area (Å²) >= 11 is 0. The maximum atomic E-state index is 5.98. The molecule has 0 fully saturated rings. The van der Waals surface area contributed by atoms with Gasteiger partial charge in [-0.05, 0) is 79.8 Å². The van der Waals surface area contributed by atoms with Gasteiger partial charge in [-0.2, -0.15) is 0 Å². The highest BCUT2D eigenvalue weighted by Gasteiger charge is 2.13. The average molecular weight is 422 g/mol. The normalized spacial score (nSPS) is 11.6. The Balaban J connectivity index is 1.35. The van der Waals surface area contributed by atoms with Gasteiger partial charge in [0, 0.05) is 11.1 Å². The topological polar surface area (TPSA) is 38.9 Å². The van der Waals surface area contributed by atoms with E-state index in [1.165, 1.54) is 37.9 Å². The fourth-order valence-electron chi connectivity index (χ4n) is 4.79. The van der Waals surface area contributed by atoms with E-state index < -0.39 is 0 Å². The molecule has 0 saturated carbocycles. The molecule has 0 aliphatic heterocycles. The van der Waals surface area contributed by atoms with Crippen LogP contribution in [0.5, 0.6) is 0 Å². The summed E-state index contributed by atoms with van der Waals surface area (Å²) in [5.41, 5.74) is 4.12. The third-order valence-electron chi connectivity index (χ3n) is 6.35. The lowest BCUT2D eigenvalue weighted by Crippen LogP contribution is -1.86. The van der Waals surface area contributed by atoms with Gasteiger partial charge in [0.2, 0.25) is 11.8 Å². The minimum Gasteiger partial charge on any atom is -0.416 e. The molecule has 0 spiro atoms. The number of hydrogen-bond donors (Lipinski definition) is 0. The molecule has 0 saturated heterocycles. The van der Waals surface area contributed by atoms with Crippen LogP contribution in [-0.2, 0) is 0 Å². The van der Waals surface area contributed by atoms with Gasteiger partial charge in [-0.25, -0.2) is 0 Å². The molecule has 0 bridgehead atoms. The first-order valence-electron chi connectivity index (χ1n) is 11.0.